The van der Waals surface area contributed by atoms with Gasteiger partial charge in [-0.3, -0.25) is 19.2 Å². The maximum Gasteiger partial charge on any atom is 0.509 e. The average molecular weight is 1100 g/mol. The molecule has 18 heteroatoms. The molecule has 17 nitrogen and oxygen atoms in total. The molecule has 420 valence electrons. The molecular formula is C61H71NO16Si. The van der Waals surface area contributed by atoms with E-state index in [4.69, 9.17) is 37.6 Å². The summed E-state index contributed by atoms with van der Waals surface area (Å²) in [6.07, 6.45) is -11.0. The Morgan fingerprint density at radius 2 is 1.33 bits per heavy atom. The number of ether oxygens (including phenoxy) is 7. The highest BCUT2D eigenvalue weighted by atomic mass is 28.4. The van der Waals surface area contributed by atoms with Crippen molar-refractivity contribution in [3.63, 3.8) is 0 Å². The van der Waals surface area contributed by atoms with Gasteiger partial charge in [-0.1, -0.05) is 132 Å². The lowest BCUT2D eigenvalue weighted by Crippen LogP contribution is -2.82. The molecule has 4 aromatic rings. The number of carbonyl (C=O) groups excluding carboxylic acids is 7. The molecule has 3 fully saturated rings. The van der Waals surface area contributed by atoms with Crippen molar-refractivity contribution in [1.82, 2.24) is 5.32 Å². The molecule has 8 rings (SSSR count). The van der Waals surface area contributed by atoms with E-state index in [9.17, 15) is 29.1 Å². The fourth-order valence-electron chi connectivity index (χ4n) is 12.6. The number of nitrogens with one attached hydrogen (secondary N) is 1. The number of amides is 1. The first-order chi connectivity index (χ1) is 37.6. The van der Waals surface area contributed by atoms with Crippen molar-refractivity contribution < 1.29 is 76.3 Å². The van der Waals surface area contributed by atoms with E-state index in [1.54, 1.807) is 137 Å². The van der Waals surface area contributed by atoms with Crippen LogP contribution in [0.15, 0.2) is 132 Å². The Morgan fingerprint density at radius 1 is 0.759 bits per heavy atom. The number of fused-ring (bicyclic) bond motifs is 5. The summed E-state index contributed by atoms with van der Waals surface area (Å²) >= 11 is 0. The SMILES string of the molecule is CC[Si](CC)(CC)O[C@H]1C[C@H]2OC[C@@]2(OC(C)=O)[C@H]2[C@H](OC(=O)c3ccccc3)[C@]3(O)C[C@H](OC(=O)[C@H](OC(=O)OCc4ccccc4)[C@@H](NC(=O)c4ccccc4)c4ccccc4)C(C)=C([C@@H](OC(C)=O)C(=O)[C@]12C)C3(C)C. The van der Waals surface area contributed by atoms with Crippen molar-refractivity contribution in [2.45, 2.75) is 154 Å². The van der Waals surface area contributed by atoms with E-state index in [1.807, 2.05) is 20.8 Å². The molecule has 0 aromatic heterocycles. The standard InChI is InChI=1S/C61H71NO16Si/c1-10-79(11-2,12-3)78-45-33-46-60(36-72-46,77-39(6)64)51-53(76-55(67)43-31-23-16-24-32-43)61(70)34-44(37(4)47(58(61,7)8)49(73-38(5)63)52(65)59(45,51)9)74-56(68)50(75-57(69)71-35-40-25-17-13-18-26-40)48(41-27-19-14-20-28-41)62-54(66)42-29-21-15-22-30-42/h13-32,44-46,48-51,53,70H,10-12,33-36H2,1-9H3,(H,62,66)/t44-,45-,46+,48-,49+,50+,51-,53-,59+,60-,61+/m0/s1. The van der Waals surface area contributed by atoms with Crippen molar-refractivity contribution in [2.75, 3.05) is 6.61 Å². The monoisotopic (exact) mass is 1100 g/mol. The van der Waals surface area contributed by atoms with Crippen molar-refractivity contribution >= 4 is 50.0 Å². The van der Waals surface area contributed by atoms with Crippen LogP contribution in [0.4, 0.5) is 4.79 Å². The van der Waals surface area contributed by atoms with Gasteiger partial charge in [-0.2, -0.15) is 0 Å². The number of aliphatic hydroxyl groups is 1. The quantitative estimate of drug-likeness (QED) is 0.0410. The number of ketones is 1. The van der Waals surface area contributed by atoms with Gasteiger partial charge in [-0.05, 0) is 78.5 Å². The van der Waals surface area contributed by atoms with Crippen molar-refractivity contribution in [1.29, 1.82) is 0 Å². The number of benzene rings is 4. The zero-order valence-electron chi connectivity index (χ0n) is 46.2. The second-order valence-electron chi connectivity index (χ2n) is 21.8. The smallest absolute Gasteiger partial charge is 0.455 e. The third-order valence-electron chi connectivity index (χ3n) is 17.2. The Balaban J connectivity index is 1.33. The Hall–Kier alpha value is -6.99. The van der Waals surface area contributed by atoms with Gasteiger partial charge in [0, 0.05) is 37.7 Å². The van der Waals surface area contributed by atoms with Crippen LogP contribution in [0.25, 0.3) is 0 Å². The Morgan fingerprint density at radius 3 is 1.87 bits per heavy atom. The molecule has 4 aliphatic rings. The van der Waals surface area contributed by atoms with E-state index in [0.29, 0.717) is 29.3 Å². The Labute approximate surface area is 461 Å². The Kier molecular flexibility index (Phi) is 17.2. The van der Waals surface area contributed by atoms with Crippen LogP contribution in [-0.2, 0) is 63.4 Å². The van der Waals surface area contributed by atoms with Crippen LogP contribution in [0.1, 0.15) is 113 Å². The lowest BCUT2D eigenvalue weighted by atomic mass is 9.44. The minimum atomic E-state index is -2.69. The molecule has 1 amide bonds. The molecule has 0 unspecified atom stereocenters. The molecule has 11 atom stereocenters. The van der Waals surface area contributed by atoms with Crippen LogP contribution in [0.5, 0.6) is 0 Å². The molecule has 2 N–H and O–H groups in total. The fraction of sp³-hybridized carbons (Fsp3) is 0.459. The van der Waals surface area contributed by atoms with Crippen molar-refractivity contribution in [3.8, 4) is 0 Å². The van der Waals surface area contributed by atoms with Gasteiger partial charge in [0.2, 0.25) is 6.10 Å². The van der Waals surface area contributed by atoms with Crippen molar-refractivity contribution in [3.05, 3.63) is 155 Å². The summed E-state index contributed by atoms with van der Waals surface area (Å²) in [5, 5.41) is 17.2. The lowest BCUT2D eigenvalue weighted by Gasteiger charge is -2.68. The topological polar surface area (TPSA) is 226 Å². The van der Waals surface area contributed by atoms with Gasteiger partial charge < -0.3 is 48.0 Å². The number of Topliss-reactive ketones (excluding diaryl/α,β-unsaturated/α-hetero) is 1. The summed E-state index contributed by atoms with van der Waals surface area (Å²) < 4.78 is 51.0. The number of hydrogen-bond donors (Lipinski definition) is 2. The highest BCUT2D eigenvalue weighted by molar-refractivity contribution is 6.73. The molecule has 79 heavy (non-hydrogen) atoms. The van der Waals surface area contributed by atoms with Crippen LogP contribution in [-0.4, -0.2) is 110 Å². The summed E-state index contributed by atoms with van der Waals surface area (Å²) in [7, 11) is -2.69. The summed E-state index contributed by atoms with van der Waals surface area (Å²) in [5.74, 6) is -6.55. The predicted octanol–water partition coefficient (Wildman–Crippen LogP) is 9.13. The predicted molar refractivity (Wildman–Crippen MR) is 289 cm³/mol. The van der Waals surface area contributed by atoms with Gasteiger partial charge in [0.25, 0.3) is 5.91 Å². The van der Waals surface area contributed by atoms with Gasteiger partial charge in [0.15, 0.2) is 25.8 Å². The normalized spacial score (nSPS) is 27.6. The van der Waals surface area contributed by atoms with E-state index < -0.39 is 127 Å². The highest BCUT2D eigenvalue weighted by Crippen LogP contribution is 2.65. The first-order valence-corrected chi connectivity index (χ1v) is 29.5. The molecule has 0 radical (unpaired) electrons. The molecule has 3 aliphatic carbocycles. The van der Waals surface area contributed by atoms with E-state index in [-0.39, 0.29) is 41.9 Å². The minimum absolute atomic E-state index is 0.0358. The zero-order valence-corrected chi connectivity index (χ0v) is 47.2. The third-order valence-corrected chi connectivity index (χ3v) is 21.8. The summed E-state index contributed by atoms with van der Waals surface area (Å²) in [4.78, 5) is 102. The molecular weight excluding hydrogens is 1030 g/mol. The molecule has 0 spiro atoms. The van der Waals surface area contributed by atoms with Gasteiger partial charge in [-0.25, -0.2) is 14.4 Å². The van der Waals surface area contributed by atoms with Crippen LogP contribution < -0.4 is 5.32 Å². The molecule has 1 saturated heterocycles. The van der Waals surface area contributed by atoms with Crippen LogP contribution in [0, 0.1) is 16.7 Å². The second kappa shape index (κ2) is 23.4. The molecule has 2 saturated carbocycles. The van der Waals surface area contributed by atoms with Crippen molar-refractivity contribution in [2.24, 2.45) is 16.7 Å². The van der Waals surface area contributed by atoms with E-state index in [0.717, 1.165) is 6.92 Å². The lowest BCUT2D eigenvalue weighted by molar-refractivity contribution is -0.344. The third kappa shape index (κ3) is 11.0. The number of carbonyl (C=O) groups is 7. The molecule has 1 aliphatic heterocycles. The maximum absolute atomic E-state index is 16.6. The second-order valence-corrected chi connectivity index (χ2v) is 26.5. The van der Waals surface area contributed by atoms with Crippen LogP contribution in [0.2, 0.25) is 18.1 Å². The fourth-order valence-corrected chi connectivity index (χ4v) is 15.5. The van der Waals surface area contributed by atoms with E-state index in [1.165, 1.54) is 19.1 Å². The zero-order chi connectivity index (χ0) is 57.1. The van der Waals surface area contributed by atoms with E-state index in [2.05, 4.69) is 5.32 Å². The Bertz CT molecular complexity index is 2920. The van der Waals surface area contributed by atoms with Gasteiger partial charge >= 0.3 is 30.0 Å². The summed E-state index contributed by atoms with van der Waals surface area (Å²) in [6, 6.07) is 33.8. The maximum atomic E-state index is 16.6. The van der Waals surface area contributed by atoms with Gasteiger partial charge in [0.05, 0.1) is 29.6 Å². The average Bonchev–Trinajstić information content (AvgIpc) is 2.04. The molecule has 4 aromatic carbocycles. The first kappa shape index (κ1) is 58.2. The largest absolute Gasteiger partial charge is 0.509 e. The highest BCUT2D eigenvalue weighted by Gasteiger charge is 2.79. The number of hydrogen-bond acceptors (Lipinski definition) is 16. The minimum Gasteiger partial charge on any atom is -0.455 e. The van der Waals surface area contributed by atoms with Crippen LogP contribution in [0.3, 0.4) is 0 Å². The van der Waals surface area contributed by atoms with Gasteiger partial charge in [-0.15, -0.1) is 0 Å². The summed E-state index contributed by atoms with van der Waals surface area (Å²) in [6.45, 7) is 14.4. The van der Waals surface area contributed by atoms with Crippen LogP contribution >= 0.6 is 0 Å². The van der Waals surface area contributed by atoms with E-state index >= 15 is 9.59 Å². The summed E-state index contributed by atoms with van der Waals surface area (Å²) in [5.41, 5.74) is -6.32. The first-order valence-electron chi connectivity index (χ1n) is 27.0. The molecule has 2 bridgehead atoms. The number of esters is 4. The molecule has 1 heterocycles. The van der Waals surface area contributed by atoms with Gasteiger partial charge in [0.1, 0.15) is 36.6 Å². The number of rotatable bonds is 18.